The molecule has 3 aromatic rings. The van der Waals surface area contributed by atoms with E-state index in [9.17, 15) is 14.7 Å². The number of fused-ring (bicyclic) bond motifs is 1. The molecule has 182 valence electrons. The van der Waals surface area contributed by atoms with Crippen LogP contribution in [0.3, 0.4) is 0 Å². The fourth-order valence-electron chi connectivity index (χ4n) is 4.85. The van der Waals surface area contributed by atoms with Gasteiger partial charge < -0.3 is 19.1 Å². The van der Waals surface area contributed by atoms with Crippen molar-refractivity contribution < 1.29 is 19.4 Å². The van der Waals surface area contributed by atoms with Gasteiger partial charge in [-0.1, -0.05) is 29.8 Å². The maximum atomic E-state index is 13.3. The second kappa shape index (κ2) is 9.45. The van der Waals surface area contributed by atoms with E-state index in [0.717, 1.165) is 18.7 Å². The van der Waals surface area contributed by atoms with Crippen LogP contribution in [0.25, 0.3) is 11.4 Å². The number of benzene rings is 1. The fraction of sp³-hybridized carbons (Fsp3) is 0.346. The van der Waals surface area contributed by atoms with E-state index in [4.69, 9.17) is 16.3 Å². The van der Waals surface area contributed by atoms with Crippen molar-refractivity contribution in [1.82, 2.24) is 19.2 Å². The molecule has 35 heavy (non-hydrogen) atoms. The third-order valence-corrected chi connectivity index (χ3v) is 7.05. The minimum Gasteiger partial charge on any atom is -0.505 e. The van der Waals surface area contributed by atoms with Crippen LogP contribution in [0.1, 0.15) is 28.6 Å². The van der Waals surface area contributed by atoms with E-state index in [1.54, 1.807) is 29.2 Å². The number of amides is 1. The van der Waals surface area contributed by atoms with Crippen LogP contribution in [0.15, 0.2) is 48.2 Å². The van der Waals surface area contributed by atoms with Gasteiger partial charge in [-0.15, -0.1) is 0 Å². The number of morpholine rings is 1. The first-order chi connectivity index (χ1) is 16.9. The number of hydrogen-bond donors (Lipinski definition) is 1. The lowest BCUT2D eigenvalue weighted by atomic mass is 9.96. The van der Waals surface area contributed by atoms with E-state index in [-0.39, 0.29) is 11.3 Å². The molecule has 9 heteroatoms. The summed E-state index contributed by atoms with van der Waals surface area (Å²) in [5.41, 5.74) is 3.37. The summed E-state index contributed by atoms with van der Waals surface area (Å²) in [5.74, 6) is -1.60. The van der Waals surface area contributed by atoms with Gasteiger partial charge in [-0.3, -0.25) is 14.5 Å². The first-order valence-corrected chi connectivity index (χ1v) is 12.0. The molecular weight excluding hydrogens is 468 g/mol. The highest BCUT2D eigenvalue weighted by Crippen LogP contribution is 2.40. The molecule has 0 aliphatic carbocycles. The topological polar surface area (TPSA) is 87.4 Å². The van der Waals surface area contributed by atoms with Gasteiger partial charge in [-0.25, -0.2) is 4.98 Å². The third kappa shape index (κ3) is 4.22. The normalized spacial score (nSPS) is 20.8. The quantitative estimate of drug-likeness (QED) is 0.332. The van der Waals surface area contributed by atoms with Gasteiger partial charge in [-0.2, -0.15) is 0 Å². The number of hydrogen-bond acceptors (Lipinski definition) is 6. The number of aromatic nitrogens is 2. The Hall–Kier alpha value is -3.20. The average Bonchev–Trinajstić information content (AvgIpc) is 3.33. The summed E-state index contributed by atoms with van der Waals surface area (Å²) >= 11 is 6.11. The Morgan fingerprint density at radius 3 is 2.51 bits per heavy atom. The number of nitrogens with zero attached hydrogens (tertiary/aromatic N) is 4. The Balaban J connectivity index is 1.60. The Labute approximate surface area is 208 Å². The highest BCUT2D eigenvalue weighted by atomic mass is 35.5. The molecule has 1 aromatic carbocycles. The highest BCUT2D eigenvalue weighted by molar-refractivity contribution is 6.46. The van der Waals surface area contributed by atoms with Crippen molar-refractivity contribution in [2.45, 2.75) is 19.9 Å². The highest BCUT2D eigenvalue weighted by Gasteiger charge is 2.46. The summed E-state index contributed by atoms with van der Waals surface area (Å²) in [6.07, 6.45) is 1.86. The minimum atomic E-state index is -0.737. The second-order valence-corrected chi connectivity index (χ2v) is 9.37. The van der Waals surface area contributed by atoms with E-state index in [0.29, 0.717) is 53.9 Å². The number of Topliss-reactive ketones (excluding diaryl/α,β-unsaturated/α-hetero) is 1. The number of aliphatic hydroxyl groups is 1. The molecule has 2 saturated heterocycles. The molecule has 0 radical (unpaired) electrons. The summed E-state index contributed by atoms with van der Waals surface area (Å²) in [6, 6.07) is 10.1. The number of aliphatic hydroxyl groups excluding tert-OH is 1. The number of likely N-dealkylation sites (tertiary alicyclic amines) is 1. The van der Waals surface area contributed by atoms with Gasteiger partial charge in [0.05, 0.1) is 30.5 Å². The molecule has 2 aliphatic rings. The van der Waals surface area contributed by atoms with Crippen LogP contribution in [0.5, 0.6) is 0 Å². The van der Waals surface area contributed by atoms with Crippen LogP contribution in [-0.4, -0.2) is 75.4 Å². The first-order valence-electron chi connectivity index (χ1n) is 11.7. The van der Waals surface area contributed by atoms with Crippen molar-refractivity contribution in [3.63, 3.8) is 0 Å². The van der Waals surface area contributed by atoms with Gasteiger partial charge in [0, 0.05) is 37.4 Å². The number of aryl methyl sites for hydroxylation is 2. The van der Waals surface area contributed by atoms with Crippen molar-refractivity contribution in [3.05, 3.63) is 75.7 Å². The monoisotopic (exact) mass is 494 g/mol. The summed E-state index contributed by atoms with van der Waals surface area (Å²) in [7, 11) is 0. The zero-order valence-corrected chi connectivity index (χ0v) is 20.5. The number of rotatable bonds is 5. The summed E-state index contributed by atoms with van der Waals surface area (Å²) in [4.78, 5) is 34.9. The van der Waals surface area contributed by atoms with E-state index < -0.39 is 17.7 Å². The molecule has 1 unspecified atom stereocenters. The van der Waals surface area contributed by atoms with E-state index in [1.807, 2.05) is 36.6 Å². The summed E-state index contributed by atoms with van der Waals surface area (Å²) in [5, 5.41) is 12.0. The maximum absolute atomic E-state index is 13.3. The standard InChI is InChI=1S/C26H27ClN4O4/c1-16-4-3-9-30-17(2)21(28-25(16)30)23(32)20-22(18-5-7-19(27)8-6-18)31(26(34)24(20)33)11-10-29-12-14-35-15-13-29/h3-9,22,32H,10-15H2,1-2H3. The van der Waals surface area contributed by atoms with Crippen molar-refractivity contribution in [2.75, 3.05) is 39.4 Å². The van der Waals surface area contributed by atoms with Crippen LogP contribution in [0.2, 0.25) is 5.02 Å². The molecule has 0 spiro atoms. The molecule has 2 fully saturated rings. The number of ether oxygens (including phenoxy) is 1. The van der Waals surface area contributed by atoms with E-state index in [1.165, 1.54) is 0 Å². The van der Waals surface area contributed by atoms with Crippen molar-refractivity contribution in [3.8, 4) is 0 Å². The van der Waals surface area contributed by atoms with Gasteiger partial charge in [-0.05, 0) is 43.2 Å². The Kier molecular flexibility index (Phi) is 6.35. The largest absolute Gasteiger partial charge is 0.505 e. The SMILES string of the molecule is Cc1cccn2c(C)c(C(O)=C3C(=O)C(=O)N(CCN4CCOCC4)C3c3ccc(Cl)cc3)nc12. The van der Waals surface area contributed by atoms with Gasteiger partial charge in [0.2, 0.25) is 0 Å². The van der Waals surface area contributed by atoms with Crippen LogP contribution in [-0.2, 0) is 14.3 Å². The number of ketones is 1. The zero-order valence-electron chi connectivity index (χ0n) is 19.7. The molecule has 0 saturated carbocycles. The van der Waals surface area contributed by atoms with Crippen LogP contribution >= 0.6 is 11.6 Å². The van der Waals surface area contributed by atoms with Crippen molar-refractivity contribution >= 4 is 34.7 Å². The summed E-state index contributed by atoms with van der Waals surface area (Å²) < 4.78 is 7.29. The molecule has 2 aromatic heterocycles. The lowest BCUT2D eigenvalue weighted by Crippen LogP contribution is -2.42. The number of carbonyl (C=O) groups is 2. The van der Waals surface area contributed by atoms with E-state index >= 15 is 0 Å². The average molecular weight is 495 g/mol. The maximum Gasteiger partial charge on any atom is 0.295 e. The number of pyridine rings is 1. The van der Waals surface area contributed by atoms with Crippen LogP contribution in [0, 0.1) is 13.8 Å². The minimum absolute atomic E-state index is 0.0449. The molecular formula is C26H27ClN4O4. The van der Waals surface area contributed by atoms with Gasteiger partial charge >= 0.3 is 0 Å². The number of halogens is 1. The molecule has 1 N–H and O–H groups in total. The van der Waals surface area contributed by atoms with Crippen molar-refractivity contribution in [2.24, 2.45) is 0 Å². The molecule has 1 atom stereocenters. The lowest BCUT2D eigenvalue weighted by molar-refractivity contribution is -0.140. The van der Waals surface area contributed by atoms with E-state index in [2.05, 4.69) is 9.88 Å². The number of imidazole rings is 1. The van der Waals surface area contributed by atoms with Crippen LogP contribution in [0.4, 0.5) is 0 Å². The first kappa shape index (κ1) is 23.5. The predicted molar refractivity (Wildman–Crippen MR) is 132 cm³/mol. The molecule has 4 heterocycles. The molecule has 1 amide bonds. The Bertz CT molecular complexity index is 1330. The Morgan fingerprint density at radius 2 is 1.83 bits per heavy atom. The smallest absolute Gasteiger partial charge is 0.295 e. The van der Waals surface area contributed by atoms with Crippen molar-refractivity contribution in [1.29, 1.82) is 0 Å². The summed E-state index contributed by atoms with van der Waals surface area (Å²) in [6.45, 7) is 7.55. The Morgan fingerprint density at radius 1 is 1.11 bits per heavy atom. The van der Waals surface area contributed by atoms with Crippen LogP contribution < -0.4 is 0 Å². The van der Waals surface area contributed by atoms with Gasteiger partial charge in [0.1, 0.15) is 11.3 Å². The molecule has 2 aliphatic heterocycles. The molecule has 5 rings (SSSR count). The molecule has 0 bridgehead atoms. The lowest BCUT2D eigenvalue weighted by Gasteiger charge is -2.31. The fourth-order valence-corrected chi connectivity index (χ4v) is 4.98. The molecule has 8 nitrogen and oxygen atoms in total. The van der Waals surface area contributed by atoms with Gasteiger partial charge in [0.25, 0.3) is 11.7 Å². The number of carbonyl (C=O) groups excluding carboxylic acids is 2. The second-order valence-electron chi connectivity index (χ2n) is 8.93. The van der Waals surface area contributed by atoms with Gasteiger partial charge in [0.15, 0.2) is 5.76 Å². The predicted octanol–water partition coefficient (Wildman–Crippen LogP) is 3.36. The zero-order chi connectivity index (χ0) is 24.7. The third-order valence-electron chi connectivity index (χ3n) is 6.79.